The zero-order chi connectivity index (χ0) is 44.6. The van der Waals surface area contributed by atoms with Crippen LogP contribution in [-0.4, -0.2) is 15.0 Å². The molecule has 3 heteroatoms. The zero-order valence-corrected chi connectivity index (χ0v) is 36.7. The van der Waals surface area contributed by atoms with E-state index >= 15 is 0 Å². The minimum atomic E-state index is -0.519. The molecule has 0 saturated heterocycles. The summed E-state index contributed by atoms with van der Waals surface area (Å²) in [6, 6.07) is 93.4. The fraction of sp³-hybridized carbons (Fsp3) is 0.0156. The van der Waals surface area contributed by atoms with Crippen LogP contribution in [0.4, 0.5) is 0 Å². The van der Waals surface area contributed by atoms with E-state index in [1.807, 2.05) is 24.3 Å². The maximum absolute atomic E-state index is 5.17. The largest absolute Gasteiger partial charge is 0.208 e. The lowest BCUT2D eigenvalue weighted by Crippen LogP contribution is -2.28. The van der Waals surface area contributed by atoms with Crippen molar-refractivity contribution in [2.75, 3.05) is 0 Å². The molecule has 3 nitrogen and oxygen atoms in total. The second-order valence-electron chi connectivity index (χ2n) is 17.1. The van der Waals surface area contributed by atoms with E-state index in [1.54, 1.807) is 0 Å². The van der Waals surface area contributed by atoms with Gasteiger partial charge in [-0.05, 0) is 108 Å². The van der Waals surface area contributed by atoms with E-state index in [0.717, 1.165) is 44.5 Å². The normalized spacial score (nSPS) is 12.3. The maximum Gasteiger partial charge on any atom is 0.164 e. The summed E-state index contributed by atoms with van der Waals surface area (Å²) in [4.78, 5) is 15.3. The topological polar surface area (TPSA) is 38.7 Å². The van der Waals surface area contributed by atoms with Gasteiger partial charge in [-0.25, -0.2) is 15.0 Å². The Balaban J connectivity index is 1.01. The summed E-state index contributed by atoms with van der Waals surface area (Å²) >= 11 is 0. The number of benzene rings is 10. The minimum Gasteiger partial charge on any atom is -0.208 e. The van der Waals surface area contributed by atoms with E-state index in [-0.39, 0.29) is 0 Å². The maximum atomic E-state index is 5.17. The highest BCUT2D eigenvalue weighted by atomic mass is 15.0. The van der Waals surface area contributed by atoms with Crippen molar-refractivity contribution in [2.45, 2.75) is 5.41 Å². The molecule has 0 saturated carbocycles. The van der Waals surface area contributed by atoms with Gasteiger partial charge in [-0.2, -0.15) is 0 Å². The Morgan fingerprint density at radius 1 is 0.209 bits per heavy atom. The molecule has 0 N–H and O–H groups in total. The summed E-state index contributed by atoms with van der Waals surface area (Å²) in [5, 5.41) is 0. The molecule has 0 spiro atoms. The summed E-state index contributed by atoms with van der Waals surface area (Å²) in [7, 11) is 0. The molecule has 11 aromatic rings. The van der Waals surface area contributed by atoms with Crippen LogP contribution in [0.25, 0.3) is 89.8 Å². The summed E-state index contributed by atoms with van der Waals surface area (Å²) in [5.74, 6) is 1.88. The highest BCUT2D eigenvalue weighted by molar-refractivity contribution is 5.95. The van der Waals surface area contributed by atoms with Crippen LogP contribution in [0.1, 0.15) is 22.3 Å². The lowest BCUT2D eigenvalue weighted by molar-refractivity contribution is 0.769. The first kappa shape index (κ1) is 39.8. The molecule has 1 aliphatic rings. The molecule has 0 fully saturated rings. The molecule has 0 aliphatic heterocycles. The van der Waals surface area contributed by atoms with E-state index in [1.165, 1.54) is 50.1 Å². The first-order chi connectivity index (χ1) is 33.2. The number of hydrogen-bond donors (Lipinski definition) is 0. The molecule has 1 aliphatic carbocycles. The summed E-state index contributed by atoms with van der Waals surface area (Å²) in [6.45, 7) is 0. The van der Waals surface area contributed by atoms with Crippen molar-refractivity contribution in [2.24, 2.45) is 0 Å². The van der Waals surface area contributed by atoms with Gasteiger partial charge in [-0.3, -0.25) is 0 Å². The highest BCUT2D eigenvalue weighted by Gasteiger charge is 2.46. The molecule has 12 rings (SSSR count). The van der Waals surface area contributed by atoms with E-state index in [2.05, 4.69) is 237 Å². The summed E-state index contributed by atoms with van der Waals surface area (Å²) in [6.07, 6.45) is 0. The van der Waals surface area contributed by atoms with Gasteiger partial charge in [0.2, 0.25) is 0 Å². The molecule has 0 atom stereocenters. The molecule has 0 amide bonds. The van der Waals surface area contributed by atoms with Gasteiger partial charge >= 0.3 is 0 Å². The van der Waals surface area contributed by atoms with E-state index in [4.69, 9.17) is 15.0 Å². The first-order valence-electron chi connectivity index (χ1n) is 22.8. The Morgan fingerprint density at radius 2 is 0.582 bits per heavy atom. The van der Waals surface area contributed by atoms with Crippen LogP contribution in [0.5, 0.6) is 0 Å². The monoisotopic (exact) mass is 853 g/mol. The molecular formula is C64H43N3. The third kappa shape index (κ3) is 7.15. The van der Waals surface area contributed by atoms with Crippen molar-refractivity contribution in [3.05, 3.63) is 283 Å². The van der Waals surface area contributed by atoms with Crippen molar-refractivity contribution >= 4 is 0 Å². The van der Waals surface area contributed by atoms with Gasteiger partial charge in [0.1, 0.15) is 0 Å². The average Bonchev–Trinajstić information content (AvgIpc) is 3.71. The molecule has 67 heavy (non-hydrogen) atoms. The SMILES string of the molecule is c1ccc(-c2cccc(-c3nc(-c4ccccc4)nc(-c4cccc(-c5cccc(-c6cc7c(cc6-c6ccccc6)-c6ccccc6C7(c6ccccc6)c6ccccc6)c5)c4)n3)c2)cc1. The fourth-order valence-corrected chi connectivity index (χ4v) is 10.1. The Labute approximate surface area is 391 Å². The van der Waals surface area contributed by atoms with Crippen LogP contribution in [0.3, 0.4) is 0 Å². The van der Waals surface area contributed by atoms with Crippen LogP contribution < -0.4 is 0 Å². The molecule has 0 unspecified atom stereocenters. The minimum absolute atomic E-state index is 0.519. The Morgan fingerprint density at radius 3 is 1.13 bits per heavy atom. The van der Waals surface area contributed by atoms with Crippen molar-refractivity contribution in [1.82, 2.24) is 15.0 Å². The number of fused-ring (bicyclic) bond motifs is 3. The predicted molar refractivity (Wildman–Crippen MR) is 275 cm³/mol. The molecule has 0 bridgehead atoms. The van der Waals surface area contributed by atoms with Gasteiger partial charge in [-0.15, -0.1) is 0 Å². The van der Waals surface area contributed by atoms with Crippen LogP contribution >= 0.6 is 0 Å². The molecule has 314 valence electrons. The van der Waals surface area contributed by atoms with Gasteiger partial charge in [0, 0.05) is 16.7 Å². The van der Waals surface area contributed by atoms with Gasteiger partial charge in [0.25, 0.3) is 0 Å². The van der Waals surface area contributed by atoms with E-state index in [0.29, 0.717) is 17.5 Å². The van der Waals surface area contributed by atoms with Crippen LogP contribution in [0.2, 0.25) is 0 Å². The smallest absolute Gasteiger partial charge is 0.164 e. The van der Waals surface area contributed by atoms with E-state index in [9.17, 15) is 0 Å². The Bertz CT molecular complexity index is 3510. The van der Waals surface area contributed by atoms with Crippen molar-refractivity contribution in [3.8, 4) is 89.8 Å². The molecular weight excluding hydrogens is 811 g/mol. The van der Waals surface area contributed by atoms with E-state index < -0.39 is 5.41 Å². The summed E-state index contributed by atoms with van der Waals surface area (Å²) in [5.41, 5.74) is 19.0. The third-order valence-electron chi connectivity index (χ3n) is 13.2. The van der Waals surface area contributed by atoms with Gasteiger partial charge in [0.15, 0.2) is 17.5 Å². The van der Waals surface area contributed by atoms with Crippen molar-refractivity contribution in [1.29, 1.82) is 0 Å². The van der Waals surface area contributed by atoms with Gasteiger partial charge in [-0.1, -0.05) is 231 Å². The van der Waals surface area contributed by atoms with Gasteiger partial charge in [0.05, 0.1) is 5.41 Å². The second-order valence-corrected chi connectivity index (χ2v) is 17.1. The third-order valence-corrected chi connectivity index (χ3v) is 13.2. The van der Waals surface area contributed by atoms with Crippen LogP contribution in [-0.2, 0) is 5.41 Å². The molecule has 1 heterocycles. The number of nitrogens with zero attached hydrogens (tertiary/aromatic N) is 3. The first-order valence-corrected chi connectivity index (χ1v) is 22.8. The Kier molecular flexibility index (Phi) is 10.1. The van der Waals surface area contributed by atoms with Gasteiger partial charge < -0.3 is 0 Å². The molecule has 0 radical (unpaired) electrons. The lowest BCUT2D eigenvalue weighted by atomic mass is 9.67. The van der Waals surface area contributed by atoms with Crippen molar-refractivity contribution < 1.29 is 0 Å². The lowest BCUT2D eigenvalue weighted by Gasteiger charge is -2.34. The van der Waals surface area contributed by atoms with Crippen LogP contribution in [0, 0.1) is 0 Å². The number of aromatic nitrogens is 3. The fourth-order valence-electron chi connectivity index (χ4n) is 10.1. The predicted octanol–water partition coefficient (Wildman–Crippen LogP) is 15.9. The Hall–Kier alpha value is -8.79. The number of hydrogen-bond acceptors (Lipinski definition) is 3. The van der Waals surface area contributed by atoms with Crippen LogP contribution in [0.15, 0.2) is 261 Å². The molecule has 1 aromatic heterocycles. The zero-order valence-electron chi connectivity index (χ0n) is 36.7. The standard InChI is InChI=1S/C64H43N3/c1-6-21-44(22-7-1)47-27-19-31-51(40-47)62-65-61(46-25-10-3-11-26-46)66-63(67-62)52-32-20-29-49(41-52)48-28-18-30-50(39-48)57-43-60-58(42-56(57)45-23-8-2-9-24-45)55-37-16-17-38-59(55)64(60,53-33-12-4-13-34-53)54-35-14-5-15-36-54/h1-43H. The molecule has 10 aromatic carbocycles. The quantitative estimate of drug-likeness (QED) is 0.145. The van der Waals surface area contributed by atoms with Crippen molar-refractivity contribution in [3.63, 3.8) is 0 Å². The average molecular weight is 854 g/mol. The second kappa shape index (κ2) is 17.0. The number of rotatable bonds is 9. The highest BCUT2D eigenvalue weighted by Crippen LogP contribution is 2.58. The summed E-state index contributed by atoms with van der Waals surface area (Å²) < 4.78 is 0.